The van der Waals surface area contributed by atoms with Crippen molar-refractivity contribution in [2.45, 2.75) is 20.3 Å². The number of aromatic amines is 1. The standard InChI is InChI=1S/C15H20N2O4/c1-10-5-11(2)8-17(7-10)14(19)9-21-15(20)12-3-4-16-13(18)6-12/h3-4,6,10-11H,5,7-9H2,1-2H3,(H,16,18)/t10-,11-/m0/s1. The third-order valence-corrected chi connectivity index (χ3v) is 3.56. The number of rotatable bonds is 3. The lowest BCUT2D eigenvalue weighted by atomic mass is 9.92. The Balaban J connectivity index is 1.89. The van der Waals surface area contributed by atoms with Crippen molar-refractivity contribution in [3.05, 3.63) is 34.2 Å². The molecular weight excluding hydrogens is 272 g/mol. The molecule has 1 aliphatic rings. The van der Waals surface area contributed by atoms with Crippen LogP contribution >= 0.6 is 0 Å². The minimum atomic E-state index is -0.660. The molecule has 21 heavy (non-hydrogen) atoms. The molecule has 0 unspecified atom stereocenters. The lowest BCUT2D eigenvalue weighted by Crippen LogP contribution is -2.44. The Labute approximate surface area is 123 Å². The molecule has 1 fully saturated rings. The third-order valence-electron chi connectivity index (χ3n) is 3.56. The predicted molar refractivity (Wildman–Crippen MR) is 76.9 cm³/mol. The summed E-state index contributed by atoms with van der Waals surface area (Å²) in [6, 6.07) is 2.59. The maximum Gasteiger partial charge on any atom is 0.338 e. The number of H-pyrrole nitrogens is 1. The smallest absolute Gasteiger partial charge is 0.338 e. The van der Waals surface area contributed by atoms with Crippen LogP contribution in [0.3, 0.4) is 0 Å². The van der Waals surface area contributed by atoms with Crippen molar-refractivity contribution in [2.75, 3.05) is 19.7 Å². The summed E-state index contributed by atoms with van der Waals surface area (Å²) in [5.41, 5.74) is -0.235. The van der Waals surface area contributed by atoms with Crippen LogP contribution in [0.5, 0.6) is 0 Å². The quantitative estimate of drug-likeness (QED) is 0.844. The Morgan fingerprint density at radius 1 is 1.33 bits per heavy atom. The van der Waals surface area contributed by atoms with Gasteiger partial charge in [0.1, 0.15) is 0 Å². The number of likely N-dealkylation sites (tertiary alicyclic amines) is 1. The normalized spacial score (nSPS) is 21.9. The second kappa shape index (κ2) is 6.56. The summed E-state index contributed by atoms with van der Waals surface area (Å²) in [7, 11) is 0. The van der Waals surface area contributed by atoms with Crippen molar-refractivity contribution in [1.29, 1.82) is 0 Å². The average molecular weight is 292 g/mol. The summed E-state index contributed by atoms with van der Waals surface area (Å²) < 4.78 is 4.99. The van der Waals surface area contributed by atoms with E-state index in [1.54, 1.807) is 4.90 Å². The van der Waals surface area contributed by atoms with Gasteiger partial charge in [0, 0.05) is 25.4 Å². The van der Waals surface area contributed by atoms with Crippen molar-refractivity contribution in [2.24, 2.45) is 11.8 Å². The van der Waals surface area contributed by atoms with E-state index in [4.69, 9.17) is 4.74 Å². The molecule has 1 aromatic rings. The fourth-order valence-corrected chi connectivity index (χ4v) is 2.74. The molecule has 0 spiro atoms. The van der Waals surface area contributed by atoms with Crippen LogP contribution in [0, 0.1) is 11.8 Å². The van der Waals surface area contributed by atoms with Crippen LogP contribution in [0.4, 0.5) is 0 Å². The molecule has 0 radical (unpaired) electrons. The van der Waals surface area contributed by atoms with E-state index in [0.717, 1.165) is 12.5 Å². The number of carbonyl (C=O) groups is 2. The van der Waals surface area contributed by atoms with Crippen LogP contribution in [-0.2, 0) is 9.53 Å². The Morgan fingerprint density at radius 3 is 2.62 bits per heavy atom. The highest BCUT2D eigenvalue weighted by atomic mass is 16.5. The van der Waals surface area contributed by atoms with Crippen molar-refractivity contribution in [3.63, 3.8) is 0 Å². The third kappa shape index (κ3) is 4.18. The number of hydrogen-bond acceptors (Lipinski definition) is 4. The molecule has 1 N–H and O–H groups in total. The Bertz CT molecular complexity index is 571. The van der Waals surface area contributed by atoms with Crippen molar-refractivity contribution in [3.8, 4) is 0 Å². The van der Waals surface area contributed by atoms with Crippen molar-refractivity contribution in [1.82, 2.24) is 9.88 Å². The molecule has 1 aromatic heterocycles. The van der Waals surface area contributed by atoms with Gasteiger partial charge in [0.2, 0.25) is 5.56 Å². The molecule has 0 saturated carbocycles. The Morgan fingerprint density at radius 2 is 2.00 bits per heavy atom. The van der Waals surface area contributed by atoms with Gasteiger partial charge in [-0.15, -0.1) is 0 Å². The van der Waals surface area contributed by atoms with Gasteiger partial charge in [-0.25, -0.2) is 4.79 Å². The van der Waals surface area contributed by atoms with E-state index in [-0.39, 0.29) is 23.6 Å². The summed E-state index contributed by atoms with van der Waals surface area (Å²) in [5.74, 6) is 0.0707. The van der Waals surface area contributed by atoms with Crippen molar-refractivity contribution >= 4 is 11.9 Å². The van der Waals surface area contributed by atoms with Crippen LogP contribution in [-0.4, -0.2) is 41.5 Å². The summed E-state index contributed by atoms with van der Waals surface area (Å²) in [6.45, 7) is 5.33. The number of aromatic nitrogens is 1. The number of esters is 1. The number of amides is 1. The first kappa shape index (κ1) is 15.3. The van der Waals surface area contributed by atoms with E-state index in [2.05, 4.69) is 18.8 Å². The fourth-order valence-electron chi connectivity index (χ4n) is 2.74. The molecule has 0 aliphatic carbocycles. The first-order chi connectivity index (χ1) is 9.95. The summed E-state index contributed by atoms with van der Waals surface area (Å²) in [4.78, 5) is 39.1. The summed E-state index contributed by atoms with van der Waals surface area (Å²) >= 11 is 0. The molecule has 1 amide bonds. The number of nitrogens with one attached hydrogen (secondary N) is 1. The van der Waals surface area contributed by atoms with Gasteiger partial charge >= 0.3 is 5.97 Å². The van der Waals surface area contributed by atoms with Gasteiger partial charge in [0.15, 0.2) is 6.61 Å². The minimum Gasteiger partial charge on any atom is -0.452 e. The lowest BCUT2D eigenvalue weighted by molar-refractivity contribution is -0.137. The van der Waals surface area contributed by atoms with Gasteiger partial charge in [0.05, 0.1) is 5.56 Å². The van der Waals surface area contributed by atoms with E-state index < -0.39 is 5.97 Å². The van der Waals surface area contributed by atoms with Crippen LogP contribution in [0.25, 0.3) is 0 Å². The van der Waals surface area contributed by atoms with Crippen molar-refractivity contribution < 1.29 is 14.3 Å². The molecule has 1 aliphatic heterocycles. The largest absolute Gasteiger partial charge is 0.452 e. The lowest BCUT2D eigenvalue weighted by Gasteiger charge is -2.34. The minimum absolute atomic E-state index is 0.145. The van der Waals surface area contributed by atoms with Gasteiger partial charge < -0.3 is 14.6 Å². The fraction of sp³-hybridized carbons (Fsp3) is 0.533. The molecule has 114 valence electrons. The van der Waals surface area contributed by atoms with E-state index >= 15 is 0 Å². The highest BCUT2D eigenvalue weighted by molar-refractivity contribution is 5.91. The topological polar surface area (TPSA) is 79.5 Å². The zero-order chi connectivity index (χ0) is 15.4. The van der Waals surface area contributed by atoms with Gasteiger partial charge in [-0.05, 0) is 24.3 Å². The van der Waals surface area contributed by atoms with E-state index in [0.29, 0.717) is 24.9 Å². The molecule has 2 rings (SSSR count). The van der Waals surface area contributed by atoms with Gasteiger partial charge in [-0.2, -0.15) is 0 Å². The van der Waals surface area contributed by atoms with Gasteiger partial charge in [0.25, 0.3) is 5.91 Å². The maximum atomic E-state index is 12.1. The van der Waals surface area contributed by atoms with E-state index in [9.17, 15) is 14.4 Å². The first-order valence-corrected chi connectivity index (χ1v) is 7.09. The van der Waals surface area contributed by atoms with Crippen LogP contribution in [0.1, 0.15) is 30.6 Å². The van der Waals surface area contributed by atoms with E-state index in [1.807, 2.05) is 0 Å². The number of piperidine rings is 1. The molecular formula is C15H20N2O4. The molecule has 0 bridgehead atoms. The van der Waals surface area contributed by atoms with Crippen LogP contribution in [0.2, 0.25) is 0 Å². The molecule has 1 saturated heterocycles. The molecule has 2 atom stereocenters. The monoisotopic (exact) mass is 292 g/mol. The highest BCUT2D eigenvalue weighted by Gasteiger charge is 2.26. The number of ether oxygens (including phenoxy) is 1. The molecule has 6 heteroatoms. The van der Waals surface area contributed by atoms with Crippen LogP contribution < -0.4 is 5.56 Å². The zero-order valence-corrected chi connectivity index (χ0v) is 12.3. The number of hydrogen-bond donors (Lipinski definition) is 1. The highest BCUT2D eigenvalue weighted by Crippen LogP contribution is 2.20. The van der Waals surface area contributed by atoms with Gasteiger partial charge in [-0.1, -0.05) is 13.8 Å². The molecule has 6 nitrogen and oxygen atoms in total. The second-order valence-corrected chi connectivity index (χ2v) is 5.76. The first-order valence-electron chi connectivity index (χ1n) is 7.09. The average Bonchev–Trinajstić information content (AvgIpc) is 2.43. The van der Waals surface area contributed by atoms with Crippen LogP contribution in [0.15, 0.2) is 23.1 Å². The second-order valence-electron chi connectivity index (χ2n) is 5.76. The summed E-state index contributed by atoms with van der Waals surface area (Å²) in [6.07, 6.45) is 2.48. The summed E-state index contributed by atoms with van der Waals surface area (Å²) in [5, 5.41) is 0. The SMILES string of the molecule is C[C@H]1C[C@H](C)CN(C(=O)COC(=O)c2cc[nH]c(=O)c2)C1. The Kier molecular flexibility index (Phi) is 4.77. The Hall–Kier alpha value is -2.11. The zero-order valence-electron chi connectivity index (χ0n) is 12.3. The molecule has 2 heterocycles. The number of carbonyl (C=O) groups excluding carboxylic acids is 2. The number of nitrogens with zero attached hydrogens (tertiary/aromatic N) is 1. The number of pyridine rings is 1. The van der Waals surface area contributed by atoms with E-state index in [1.165, 1.54) is 12.3 Å². The maximum absolute atomic E-state index is 12.1. The molecule has 0 aromatic carbocycles. The van der Waals surface area contributed by atoms with Gasteiger partial charge in [-0.3, -0.25) is 9.59 Å². The predicted octanol–water partition coefficient (Wildman–Crippen LogP) is 1.04.